The van der Waals surface area contributed by atoms with E-state index in [1.54, 1.807) is 24.3 Å². The fraction of sp³-hybridized carbons (Fsp3) is 0.364. The number of rotatable bonds is 6. The standard InChI is InChI=1S/C31H35N5O3.C2H7N/c1-18-26(33-20(3)27(18)30(39)36-31(4)12-14-32-15-13-31)17-24-23-16-22(10-11-25(23)35-29(24)38)28(37)34-19(2)21-8-6-5-7-9-21;1-3-2/h5-11,16-17,19,32-33H,12-15H2,1-4H3,(H,34,37)(H,35,38)(H,36,39);3H,1-2H3/b24-17-;/t19-;/m1./s1. The Kier molecular flexibility index (Phi) is 9.65. The highest BCUT2D eigenvalue weighted by molar-refractivity contribution is 6.35. The zero-order chi connectivity index (χ0) is 30.4. The molecule has 0 aliphatic carbocycles. The van der Waals surface area contributed by atoms with Crippen LogP contribution in [0.5, 0.6) is 0 Å². The van der Waals surface area contributed by atoms with E-state index in [1.165, 1.54) is 0 Å². The number of aromatic nitrogens is 1. The Bertz CT molecular complexity index is 1480. The number of fused-ring (bicyclic) bond motifs is 1. The Morgan fingerprint density at radius 2 is 1.67 bits per heavy atom. The van der Waals surface area contributed by atoms with E-state index >= 15 is 0 Å². The van der Waals surface area contributed by atoms with Crippen molar-refractivity contribution in [1.29, 1.82) is 0 Å². The number of aryl methyl sites for hydroxylation is 1. The summed E-state index contributed by atoms with van der Waals surface area (Å²) in [6, 6.07) is 14.8. The molecule has 6 N–H and O–H groups in total. The van der Waals surface area contributed by atoms with Crippen LogP contribution in [0.2, 0.25) is 0 Å². The minimum atomic E-state index is -0.254. The van der Waals surface area contributed by atoms with E-state index in [9.17, 15) is 14.4 Å². The first-order chi connectivity index (χ1) is 20.1. The lowest BCUT2D eigenvalue weighted by atomic mass is 9.90. The minimum absolute atomic E-state index is 0.113. The summed E-state index contributed by atoms with van der Waals surface area (Å²) in [5.74, 6) is -0.580. The maximum atomic E-state index is 13.3. The van der Waals surface area contributed by atoms with Gasteiger partial charge in [0.2, 0.25) is 0 Å². The van der Waals surface area contributed by atoms with Gasteiger partial charge in [-0.2, -0.15) is 0 Å². The van der Waals surface area contributed by atoms with Crippen LogP contribution in [0.3, 0.4) is 0 Å². The highest BCUT2D eigenvalue weighted by Gasteiger charge is 2.31. The quantitative estimate of drug-likeness (QED) is 0.246. The average Bonchev–Trinajstić information content (AvgIpc) is 3.43. The van der Waals surface area contributed by atoms with Crippen LogP contribution in [-0.2, 0) is 4.79 Å². The first-order valence-electron chi connectivity index (χ1n) is 14.4. The number of nitrogens with one attached hydrogen (secondary N) is 6. The van der Waals surface area contributed by atoms with Crippen LogP contribution >= 0.6 is 0 Å². The van der Waals surface area contributed by atoms with Gasteiger partial charge in [0.05, 0.1) is 17.2 Å². The third-order valence-electron chi connectivity index (χ3n) is 7.83. The molecule has 0 saturated carbocycles. The fourth-order valence-electron chi connectivity index (χ4n) is 5.42. The summed E-state index contributed by atoms with van der Waals surface area (Å²) in [7, 11) is 3.75. The summed E-state index contributed by atoms with van der Waals surface area (Å²) >= 11 is 0. The fourth-order valence-corrected chi connectivity index (χ4v) is 5.42. The van der Waals surface area contributed by atoms with Gasteiger partial charge >= 0.3 is 0 Å². The summed E-state index contributed by atoms with van der Waals surface area (Å²) in [6.07, 6.45) is 3.51. The van der Waals surface area contributed by atoms with Crippen LogP contribution in [0.4, 0.5) is 5.69 Å². The molecule has 2 aromatic carbocycles. The highest BCUT2D eigenvalue weighted by atomic mass is 16.2. The molecule has 3 aromatic rings. The Balaban J connectivity index is 0.00000129. The summed E-state index contributed by atoms with van der Waals surface area (Å²) in [5.41, 5.74) is 5.79. The first-order valence-corrected chi connectivity index (χ1v) is 14.4. The SMILES string of the molecule is CNC.Cc1[nH]c(/C=C2\C(=O)Nc3ccc(C(=O)N[C@H](C)c4ccccc4)cc32)c(C)c1C(=O)NC1(C)CCNCC1. The van der Waals surface area contributed by atoms with Crippen molar-refractivity contribution >= 4 is 35.1 Å². The van der Waals surface area contributed by atoms with Gasteiger partial charge in [0.25, 0.3) is 17.7 Å². The van der Waals surface area contributed by atoms with Crippen molar-refractivity contribution in [3.63, 3.8) is 0 Å². The molecule has 3 amide bonds. The lowest BCUT2D eigenvalue weighted by Gasteiger charge is -2.35. The van der Waals surface area contributed by atoms with E-state index in [2.05, 4.69) is 38.5 Å². The van der Waals surface area contributed by atoms with Crippen LogP contribution in [0, 0.1) is 13.8 Å². The summed E-state index contributed by atoms with van der Waals surface area (Å²) in [6.45, 7) is 9.52. The number of hydrogen-bond donors (Lipinski definition) is 6. The molecule has 0 spiro atoms. The number of hydrogen-bond acceptors (Lipinski definition) is 5. The molecule has 9 nitrogen and oxygen atoms in total. The van der Waals surface area contributed by atoms with Crippen molar-refractivity contribution < 1.29 is 14.4 Å². The topological polar surface area (TPSA) is 127 Å². The smallest absolute Gasteiger partial charge is 0.256 e. The van der Waals surface area contributed by atoms with Crippen molar-refractivity contribution in [2.24, 2.45) is 0 Å². The normalized spacial score (nSPS) is 17.0. The number of amides is 3. The van der Waals surface area contributed by atoms with Gasteiger partial charge in [-0.15, -0.1) is 0 Å². The summed E-state index contributed by atoms with van der Waals surface area (Å²) in [4.78, 5) is 42.6. The van der Waals surface area contributed by atoms with Crippen LogP contribution in [0.25, 0.3) is 11.6 Å². The van der Waals surface area contributed by atoms with E-state index < -0.39 is 0 Å². The maximum absolute atomic E-state index is 13.3. The molecule has 5 rings (SSSR count). The van der Waals surface area contributed by atoms with Crippen molar-refractivity contribution in [3.8, 4) is 0 Å². The van der Waals surface area contributed by atoms with Crippen molar-refractivity contribution in [1.82, 2.24) is 26.3 Å². The van der Waals surface area contributed by atoms with Crippen molar-refractivity contribution in [3.05, 3.63) is 87.7 Å². The maximum Gasteiger partial charge on any atom is 0.256 e. The van der Waals surface area contributed by atoms with Gasteiger partial charge in [-0.25, -0.2) is 0 Å². The van der Waals surface area contributed by atoms with Crippen molar-refractivity contribution in [2.75, 3.05) is 32.5 Å². The van der Waals surface area contributed by atoms with Crippen LogP contribution < -0.4 is 26.6 Å². The molecule has 0 radical (unpaired) electrons. The molecule has 3 heterocycles. The molecule has 0 unspecified atom stereocenters. The molecule has 2 aliphatic rings. The second-order valence-corrected chi connectivity index (χ2v) is 11.3. The largest absolute Gasteiger partial charge is 0.358 e. The molecule has 222 valence electrons. The number of carbonyl (C=O) groups excluding carboxylic acids is 3. The van der Waals surface area contributed by atoms with Crippen molar-refractivity contribution in [2.45, 2.75) is 52.1 Å². The van der Waals surface area contributed by atoms with Gasteiger partial charge in [-0.05, 0) is 103 Å². The van der Waals surface area contributed by atoms with Gasteiger partial charge in [0.1, 0.15) is 0 Å². The average molecular weight is 571 g/mol. The predicted octanol–water partition coefficient (Wildman–Crippen LogP) is 4.32. The van der Waals surface area contributed by atoms with Gasteiger partial charge in [-0.1, -0.05) is 30.3 Å². The van der Waals surface area contributed by atoms with Gasteiger partial charge in [-0.3, -0.25) is 14.4 Å². The number of piperidine rings is 1. The number of benzene rings is 2. The monoisotopic (exact) mass is 570 g/mol. The van der Waals surface area contributed by atoms with Crippen LogP contribution in [0.15, 0.2) is 48.5 Å². The third kappa shape index (κ3) is 6.80. The first kappa shape index (κ1) is 30.7. The predicted molar refractivity (Wildman–Crippen MR) is 168 cm³/mol. The lowest BCUT2D eigenvalue weighted by Crippen LogP contribution is -2.52. The summed E-state index contributed by atoms with van der Waals surface area (Å²) < 4.78 is 0. The van der Waals surface area contributed by atoms with E-state index in [1.807, 2.05) is 65.2 Å². The molecule has 9 heteroatoms. The van der Waals surface area contributed by atoms with E-state index in [-0.39, 0.29) is 29.3 Å². The number of anilines is 1. The molecular weight excluding hydrogens is 528 g/mol. The molecule has 1 aromatic heterocycles. The lowest BCUT2D eigenvalue weighted by molar-refractivity contribution is -0.110. The number of carbonyl (C=O) groups is 3. The number of H-pyrrole nitrogens is 1. The van der Waals surface area contributed by atoms with Gasteiger partial charge in [0, 0.05) is 33.7 Å². The molecule has 42 heavy (non-hydrogen) atoms. The zero-order valence-corrected chi connectivity index (χ0v) is 25.3. The Morgan fingerprint density at radius 3 is 2.33 bits per heavy atom. The highest BCUT2D eigenvalue weighted by Crippen LogP contribution is 2.35. The molecule has 2 aliphatic heterocycles. The van der Waals surface area contributed by atoms with Gasteiger partial charge in [0.15, 0.2) is 0 Å². The molecular formula is C33H42N6O3. The molecule has 1 atom stereocenters. The van der Waals surface area contributed by atoms with Gasteiger partial charge < -0.3 is 31.6 Å². The second kappa shape index (κ2) is 13.2. The number of aromatic amines is 1. The summed E-state index contributed by atoms with van der Waals surface area (Å²) in [5, 5.41) is 15.2. The Morgan fingerprint density at radius 1 is 1.00 bits per heavy atom. The third-order valence-corrected chi connectivity index (χ3v) is 7.83. The van der Waals surface area contributed by atoms with E-state index in [4.69, 9.17) is 0 Å². The minimum Gasteiger partial charge on any atom is -0.358 e. The molecule has 0 bridgehead atoms. The second-order valence-electron chi connectivity index (χ2n) is 11.3. The van der Waals surface area contributed by atoms with E-state index in [0.717, 1.165) is 42.8 Å². The van der Waals surface area contributed by atoms with Crippen LogP contribution in [0.1, 0.15) is 81.5 Å². The zero-order valence-electron chi connectivity index (χ0n) is 25.3. The Hall–Kier alpha value is -4.21. The molecule has 1 saturated heterocycles. The van der Waals surface area contributed by atoms with Crippen LogP contribution in [-0.4, -0.2) is 55.4 Å². The van der Waals surface area contributed by atoms with E-state index in [0.29, 0.717) is 33.6 Å². The molecule has 1 fully saturated rings. The Labute approximate surface area is 247 Å².